The number of rotatable bonds is 3. The number of halogens is 1. The van der Waals surface area contributed by atoms with Crippen LogP contribution in [0.2, 0.25) is 0 Å². The summed E-state index contributed by atoms with van der Waals surface area (Å²) in [5.41, 5.74) is 1.42. The Balaban J connectivity index is 1.60. The van der Waals surface area contributed by atoms with Crippen LogP contribution in [0.25, 0.3) is 22.4 Å². The number of aromatic nitrogens is 7. The van der Waals surface area contributed by atoms with Crippen LogP contribution in [0, 0.1) is 5.82 Å². The molecule has 1 aromatic carbocycles. The predicted molar refractivity (Wildman–Crippen MR) is 112 cm³/mol. The van der Waals surface area contributed by atoms with Gasteiger partial charge in [-0.2, -0.15) is 5.10 Å². The van der Waals surface area contributed by atoms with E-state index in [0.29, 0.717) is 28.5 Å². The Morgan fingerprint density at radius 1 is 1.10 bits per heavy atom. The fourth-order valence-corrected chi connectivity index (χ4v) is 4.34. The van der Waals surface area contributed by atoms with E-state index in [1.807, 2.05) is 30.3 Å². The molecule has 31 heavy (non-hydrogen) atoms. The van der Waals surface area contributed by atoms with Crippen molar-refractivity contribution in [2.45, 2.75) is 18.9 Å². The van der Waals surface area contributed by atoms with Crippen LogP contribution in [0.3, 0.4) is 0 Å². The van der Waals surface area contributed by atoms with Gasteiger partial charge in [0.15, 0.2) is 28.6 Å². The molecule has 1 N–H and O–H groups in total. The molecule has 0 bridgehead atoms. The average molecular weight is 416 g/mol. The number of hydrogen-bond donors (Lipinski definition) is 1. The van der Waals surface area contributed by atoms with Crippen molar-refractivity contribution in [3.05, 3.63) is 77.2 Å². The van der Waals surface area contributed by atoms with Crippen molar-refractivity contribution in [3.63, 3.8) is 0 Å². The van der Waals surface area contributed by atoms with E-state index in [1.54, 1.807) is 6.33 Å². The number of imidazole rings is 1. The maximum absolute atomic E-state index is 14.4. The first-order valence-corrected chi connectivity index (χ1v) is 9.98. The van der Waals surface area contributed by atoms with E-state index in [4.69, 9.17) is 0 Å². The van der Waals surface area contributed by atoms with Gasteiger partial charge in [-0.15, -0.1) is 0 Å². The second-order valence-corrected chi connectivity index (χ2v) is 7.44. The standard InChI is InChI=1S/C21H17FN8O/c22-14-8-10-29-17(14)21(31)30(13-5-2-1-3-6-13)19(27-29)15-7-4-9-28(15)20-16-18(24-11-23-16)25-12-26-20/h1-3,5-6,8,10-12,15H,4,7,9H2,(H,23,24,25,26)/t15-/m0/s1. The summed E-state index contributed by atoms with van der Waals surface area (Å²) in [7, 11) is 0. The molecule has 0 saturated carbocycles. The van der Waals surface area contributed by atoms with Crippen molar-refractivity contribution < 1.29 is 4.39 Å². The Morgan fingerprint density at radius 2 is 1.97 bits per heavy atom. The van der Waals surface area contributed by atoms with Crippen molar-refractivity contribution >= 4 is 22.5 Å². The highest BCUT2D eigenvalue weighted by Gasteiger charge is 2.34. The molecule has 1 saturated heterocycles. The Bertz CT molecular complexity index is 1470. The van der Waals surface area contributed by atoms with E-state index >= 15 is 0 Å². The van der Waals surface area contributed by atoms with Crippen molar-refractivity contribution in [2.24, 2.45) is 0 Å². The fourth-order valence-electron chi connectivity index (χ4n) is 4.34. The van der Waals surface area contributed by atoms with Gasteiger partial charge in [0.25, 0.3) is 5.56 Å². The number of hydrogen-bond acceptors (Lipinski definition) is 6. The first kappa shape index (κ1) is 17.8. The molecule has 0 radical (unpaired) electrons. The molecule has 9 nitrogen and oxygen atoms in total. The number of benzene rings is 1. The smallest absolute Gasteiger partial charge is 0.285 e. The molecule has 0 amide bonds. The van der Waals surface area contributed by atoms with Crippen LogP contribution < -0.4 is 10.5 Å². The minimum Gasteiger partial charge on any atom is -0.344 e. The molecule has 6 rings (SSSR count). The minimum atomic E-state index is -0.592. The molecule has 5 aromatic rings. The summed E-state index contributed by atoms with van der Waals surface area (Å²) in [4.78, 5) is 31.6. The van der Waals surface area contributed by atoms with Gasteiger partial charge in [-0.1, -0.05) is 18.2 Å². The molecule has 1 aliphatic heterocycles. The number of aromatic amines is 1. The van der Waals surface area contributed by atoms with Gasteiger partial charge in [-0.3, -0.25) is 9.36 Å². The highest BCUT2D eigenvalue weighted by molar-refractivity contribution is 5.83. The molecule has 1 atom stereocenters. The summed E-state index contributed by atoms with van der Waals surface area (Å²) in [5.74, 6) is 0.617. The minimum absolute atomic E-state index is 0.0751. The summed E-state index contributed by atoms with van der Waals surface area (Å²) in [6.45, 7) is 0.729. The lowest BCUT2D eigenvalue weighted by atomic mass is 10.2. The largest absolute Gasteiger partial charge is 0.344 e. The molecular formula is C21H17FN8O. The van der Waals surface area contributed by atoms with E-state index in [1.165, 1.54) is 27.7 Å². The SMILES string of the molecule is O=c1c2c(F)ccn2nc([C@@H]2CCCN2c2ncnc3[nH]cnc23)n1-c1ccccc1. The van der Waals surface area contributed by atoms with Crippen molar-refractivity contribution in [1.82, 2.24) is 34.1 Å². The molecule has 5 heterocycles. The van der Waals surface area contributed by atoms with Crippen LogP contribution in [0.1, 0.15) is 24.7 Å². The lowest BCUT2D eigenvalue weighted by Gasteiger charge is -2.27. The Hall–Kier alpha value is -4.08. The molecule has 1 fully saturated rings. The van der Waals surface area contributed by atoms with Gasteiger partial charge in [-0.05, 0) is 31.0 Å². The third-order valence-electron chi connectivity index (χ3n) is 5.70. The fraction of sp³-hybridized carbons (Fsp3) is 0.190. The highest BCUT2D eigenvalue weighted by atomic mass is 19.1. The lowest BCUT2D eigenvalue weighted by Crippen LogP contribution is -2.33. The van der Waals surface area contributed by atoms with Crippen LogP contribution in [-0.4, -0.2) is 40.7 Å². The first-order valence-electron chi connectivity index (χ1n) is 9.98. The zero-order valence-corrected chi connectivity index (χ0v) is 16.3. The molecule has 154 valence electrons. The van der Waals surface area contributed by atoms with Crippen molar-refractivity contribution in [3.8, 4) is 5.69 Å². The number of H-pyrrole nitrogens is 1. The van der Waals surface area contributed by atoms with Crippen LogP contribution in [-0.2, 0) is 0 Å². The molecule has 1 aliphatic rings. The maximum atomic E-state index is 14.4. The van der Waals surface area contributed by atoms with Gasteiger partial charge in [0.05, 0.1) is 18.1 Å². The predicted octanol–water partition coefficient (Wildman–Crippen LogP) is 2.63. The molecule has 10 heteroatoms. The average Bonchev–Trinajstić information content (AvgIpc) is 3.53. The molecular weight excluding hydrogens is 399 g/mol. The van der Waals surface area contributed by atoms with Gasteiger partial charge < -0.3 is 9.88 Å². The van der Waals surface area contributed by atoms with E-state index in [9.17, 15) is 9.18 Å². The normalized spacial score (nSPS) is 16.5. The summed E-state index contributed by atoms with van der Waals surface area (Å²) in [6, 6.07) is 10.2. The number of para-hydroxylation sites is 1. The molecule has 0 spiro atoms. The third-order valence-corrected chi connectivity index (χ3v) is 5.70. The van der Waals surface area contributed by atoms with Crippen molar-refractivity contribution in [1.29, 1.82) is 0 Å². The van der Waals surface area contributed by atoms with Gasteiger partial charge in [0, 0.05) is 12.7 Å². The zero-order chi connectivity index (χ0) is 20.9. The van der Waals surface area contributed by atoms with E-state index < -0.39 is 11.4 Å². The number of fused-ring (bicyclic) bond motifs is 2. The Kier molecular flexibility index (Phi) is 3.85. The summed E-state index contributed by atoms with van der Waals surface area (Å²) in [6.07, 6.45) is 6.21. The third kappa shape index (κ3) is 2.64. The van der Waals surface area contributed by atoms with Gasteiger partial charge in [0.2, 0.25) is 0 Å². The Labute approximate surface area is 174 Å². The van der Waals surface area contributed by atoms with Crippen LogP contribution >= 0.6 is 0 Å². The second kappa shape index (κ2) is 6.73. The van der Waals surface area contributed by atoms with Gasteiger partial charge in [-0.25, -0.2) is 23.9 Å². The molecule has 0 aliphatic carbocycles. The Morgan fingerprint density at radius 3 is 2.84 bits per heavy atom. The van der Waals surface area contributed by atoms with E-state index in [-0.39, 0.29) is 11.6 Å². The monoisotopic (exact) mass is 416 g/mol. The highest BCUT2D eigenvalue weighted by Crippen LogP contribution is 2.36. The van der Waals surface area contributed by atoms with E-state index in [0.717, 1.165) is 19.4 Å². The van der Waals surface area contributed by atoms with Gasteiger partial charge >= 0.3 is 0 Å². The zero-order valence-electron chi connectivity index (χ0n) is 16.3. The molecule has 4 aromatic heterocycles. The van der Waals surface area contributed by atoms with E-state index in [2.05, 4.69) is 29.9 Å². The topological polar surface area (TPSA) is 97.0 Å². The van der Waals surface area contributed by atoms with Gasteiger partial charge in [0.1, 0.15) is 11.8 Å². The van der Waals surface area contributed by atoms with Crippen molar-refractivity contribution in [2.75, 3.05) is 11.4 Å². The number of nitrogens with zero attached hydrogens (tertiary/aromatic N) is 7. The maximum Gasteiger partial charge on any atom is 0.285 e. The molecule has 0 unspecified atom stereocenters. The summed E-state index contributed by atoms with van der Waals surface area (Å²) < 4.78 is 17.2. The first-order chi connectivity index (χ1) is 15.2. The second-order valence-electron chi connectivity index (χ2n) is 7.44. The van der Waals surface area contributed by atoms with Crippen LogP contribution in [0.5, 0.6) is 0 Å². The summed E-state index contributed by atoms with van der Waals surface area (Å²) >= 11 is 0. The quantitative estimate of drug-likeness (QED) is 0.486. The lowest BCUT2D eigenvalue weighted by molar-refractivity contribution is 0.593. The summed E-state index contributed by atoms with van der Waals surface area (Å²) in [5, 5.41) is 4.69. The number of anilines is 1. The van der Waals surface area contributed by atoms with Crippen LogP contribution in [0.4, 0.5) is 10.2 Å². The number of nitrogens with one attached hydrogen (secondary N) is 1. The van der Waals surface area contributed by atoms with Crippen LogP contribution in [0.15, 0.2) is 60.0 Å².